The van der Waals surface area contributed by atoms with Crippen LogP contribution in [0.25, 0.3) is 0 Å². The molecule has 0 aliphatic carbocycles. The Morgan fingerprint density at radius 1 is 1.07 bits per heavy atom. The molecule has 1 fully saturated rings. The first-order valence-corrected chi connectivity index (χ1v) is 10.4. The van der Waals surface area contributed by atoms with E-state index in [1.807, 2.05) is 24.3 Å². The molecule has 6 heteroatoms. The zero-order valence-electron chi connectivity index (χ0n) is 17.8. The van der Waals surface area contributed by atoms with Crippen LogP contribution < -0.4 is 14.8 Å². The zero-order chi connectivity index (χ0) is 20.5. The van der Waals surface area contributed by atoms with Gasteiger partial charge in [0.2, 0.25) is 0 Å². The van der Waals surface area contributed by atoms with Gasteiger partial charge in [0.05, 0.1) is 20.3 Å². The van der Waals surface area contributed by atoms with Gasteiger partial charge in [-0.2, -0.15) is 0 Å². The molecule has 6 nitrogen and oxygen atoms in total. The Hall–Kier alpha value is -2.15. The third-order valence-electron chi connectivity index (χ3n) is 5.34. The molecule has 2 heterocycles. The monoisotopic (exact) mass is 399 g/mol. The van der Waals surface area contributed by atoms with Crippen molar-refractivity contribution in [2.45, 2.75) is 33.0 Å². The summed E-state index contributed by atoms with van der Waals surface area (Å²) < 4.78 is 17.0. The summed E-state index contributed by atoms with van der Waals surface area (Å²) in [6.45, 7) is 10.5. The van der Waals surface area contributed by atoms with Gasteiger partial charge in [-0.25, -0.2) is 0 Å². The van der Waals surface area contributed by atoms with Gasteiger partial charge in [0.1, 0.15) is 6.61 Å². The average Bonchev–Trinajstić information content (AvgIpc) is 2.76. The van der Waals surface area contributed by atoms with E-state index in [-0.39, 0.29) is 0 Å². The van der Waals surface area contributed by atoms with E-state index in [1.165, 1.54) is 5.56 Å². The lowest BCUT2D eigenvalue weighted by molar-refractivity contribution is 0.00648. The fourth-order valence-electron chi connectivity index (χ4n) is 3.64. The molecule has 1 unspecified atom stereocenters. The second-order valence-corrected chi connectivity index (χ2v) is 7.72. The highest BCUT2D eigenvalue weighted by atomic mass is 16.5. The molecular weight excluding hydrogens is 366 g/mol. The molecule has 1 aromatic carbocycles. The normalized spacial score (nSPS) is 16.0. The molecule has 29 heavy (non-hydrogen) atoms. The minimum absolute atomic E-state index is 0.492. The zero-order valence-corrected chi connectivity index (χ0v) is 17.8. The van der Waals surface area contributed by atoms with E-state index in [0.29, 0.717) is 18.6 Å². The molecule has 1 atom stereocenters. The first-order valence-electron chi connectivity index (χ1n) is 10.4. The second kappa shape index (κ2) is 11.1. The van der Waals surface area contributed by atoms with E-state index in [1.54, 1.807) is 19.5 Å². The van der Waals surface area contributed by atoms with Crippen LogP contribution in [0.1, 0.15) is 25.0 Å². The number of benzene rings is 1. The fourth-order valence-corrected chi connectivity index (χ4v) is 3.64. The number of ether oxygens (including phenoxy) is 3. The third-order valence-corrected chi connectivity index (χ3v) is 5.34. The van der Waals surface area contributed by atoms with E-state index in [4.69, 9.17) is 14.2 Å². The smallest absolute Gasteiger partial charge is 0.161 e. The molecule has 0 bridgehead atoms. The predicted octanol–water partition coefficient (Wildman–Crippen LogP) is 3.12. The maximum atomic E-state index is 5.93. The summed E-state index contributed by atoms with van der Waals surface area (Å²) >= 11 is 0. The topological polar surface area (TPSA) is 55.9 Å². The molecule has 0 saturated carbocycles. The highest BCUT2D eigenvalue weighted by Crippen LogP contribution is 2.29. The molecule has 2 aromatic rings. The molecule has 0 spiro atoms. The van der Waals surface area contributed by atoms with Crippen molar-refractivity contribution in [3.63, 3.8) is 0 Å². The van der Waals surface area contributed by atoms with Crippen LogP contribution in [0.3, 0.4) is 0 Å². The van der Waals surface area contributed by atoms with Gasteiger partial charge in [0.15, 0.2) is 11.5 Å². The molecule has 1 aliphatic heterocycles. The van der Waals surface area contributed by atoms with E-state index in [2.05, 4.69) is 35.1 Å². The minimum Gasteiger partial charge on any atom is -0.493 e. The standard InChI is InChI=1S/C23H33N3O3/c1-18(2)21(26-10-12-28-13-11-26)16-25-15-20-4-5-22(23(14-20)27-3)29-17-19-6-8-24-9-7-19/h4-9,14,18,21,25H,10-13,15-17H2,1-3H3. The molecule has 1 aliphatic rings. The van der Waals surface area contributed by atoms with Crippen LogP contribution in [0.4, 0.5) is 0 Å². The second-order valence-electron chi connectivity index (χ2n) is 7.72. The van der Waals surface area contributed by atoms with Crippen molar-refractivity contribution < 1.29 is 14.2 Å². The molecule has 0 radical (unpaired) electrons. The number of methoxy groups -OCH3 is 1. The number of nitrogens with one attached hydrogen (secondary N) is 1. The van der Waals surface area contributed by atoms with Gasteiger partial charge >= 0.3 is 0 Å². The number of morpholine rings is 1. The summed E-state index contributed by atoms with van der Waals surface area (Å²) in [7, 11) is 1.68. The molecule has 1 aromatic heterocycles. The first-order chi connectivity index (χ1) is 14.2. The highest BCUT2D eigenvalue weighted by molar-refractivity contribution is 5.43. The summed E-state index contributed by atoms with van der Waals surface area (Å²) in [4.78, 5) is 6.57. The number of nitrogens with zero attached hydrogens (tertiary/aromatic N) is 2. The Morgan fingerprint density at radius 2 is 1.83 bits per heavy atom. The van der Waals surface area contributed by atoms with Crippen molar-refractivity contribution in [2.75, 3.05) is 40.0 Å². The Balaban J connectivity index is 1.53. The number of aromatic nitrogens is 1. The molecule has 158 valence electrons. The Kier molecular flexibility index (Phi) is 8.28. The molecular formula is C23H33N3O3. The van der Waals surface area contributed by atoms with Crippen LogP contribution >= 0.6 is 0 Å². The van der Waals surface area contributed by atoms with Crippen molar-refractivity contribution in [1.82, 2.24) is 15.2 Å². The molecule has 1 saturated heterocycles. The van der Waals surface area contributed by atoms with Crippen molar-refractivity contribution in [3.8, 4) is 11.5 Å². The third kappa shape index (κ3) is 6.42. The average molecular weight is 400 g/mol. The number of hydrogen-bond donors (Lipinski definition) is 1. The van der Waals surface area contributed by atoms with E-state index in [0.717, 1.165) is 56.5 Å². The van der Waals surface area contributed by atoms with Gasteiger partial charge in [-0.1, -0.05) is 19.9 Å². The van der Waals surface area contributed by atoms with Crippen LogP contribution in [-0.2, 0) is 17.9 Å². The molecule has 0 amide bonds. The van der Waals surface area contributed by atoms with Gasteiger partial charge in [0.25, 0.3) is 0 Å². The van der Waals surface area contributed by atoms with Gasteiger partial charge in [-0.15, -0.1) is 0 Å². The van der Waals surface area contributed by atoms with Crippen molar-refractivity contribution in [1.29, 1.82) is 0 Å². The van der Waals surface area contributed by atoms with Crippen LogP contribution in [0, 0.1) is 5.92 Å². The van der Waals surface area contributed by atoms with Gasteiger partial charge in [0, 0.05) is 44.6 Å². The first kappa shape index (κ1) is 21.6. The number of hydrogen-bond acceptors (Lipinski definition) is 6. The van der Waals surface area contributed by atoms with Crippen LogP contribution in [0.15, 0.2) is 42.7 Å². The fraction of sp³-hybridized carbons (Fsp3) is 0.522. The quantitative estimate of drug-likeness (QED) is 0.663. The van der Waals surface area contributed by atoms with Gasteiger partial charge in [-0.05, 0) is 41.3 Å². The summed E-state index contributed by atoms with van der Waals surface area (Å²) in [5.41, 5.74) is 2.26. The molecule has 1 N–H and O–H groups in total. The Labute approximate surface area is 174 Å². The minimum atomic E-state index is 0.492. The Morgan fingerprint density at radius 3 is 2.52 bits per heavy atom. The van der Waals surface area contributed by atoms with Crippen LogP contribution in [0.2, 0.25) is 0 Å². The maximum absolute atomic E-state index is 5.93. The predicted molar refractivity (Wildman–Crippen MR) is 114 cm³/mol. The number of pyridine rings is 1. The van der Waals surface area contributed by atoms with E-state index >= 15 is 0 Å². The van der Waals surface area contributed by atoms with Crippen LogP contribution in [0.5, 0.6) is 11.5 Å². The lowest BCUT2D eigenvalue weighted by Crippen LogP contribution is -2.50. The molecule has 3 rings (SSSR count). The van der Waals surface area contributed by atoms with Gasteiger partial charge in [-0.3, -0.25) is 9.88 Å². The summed E-state index contributed by atoms with van der Waals surface area (Å²) in [5, 5.41) is 3.62. The Bertz CT molecular complexity index is 733. The number of rotatable bonds is 10. The lowest BCUT2D eigenvalue weighted by atomic mass is 10.0. The summed E-state index contributed by atoms with van der Waals surface area (Å²) in [6.07, 6.45) is 3.54. The summed E-state index contributed by atoms with van der Waals surface area (Å²) in [6, 6.07) is 10.5. The van der Waals surface area contributed by atoms with Crippen molar-refractivity contribution in [2.24, 2.45) is 5.92 Å². The highest BCUT2D eigenvalue weighted by Gasteiger charge is 2.23. The largest absolute Gasteiger partial charge is 0.493 e. The van der Waals surface area contributed by atoms with Crippen molar-refractivity contribution in [3.05, 3.63) is 53.9 Å². The lowest BCUT2D eigenvalue weighted by Gasteiger charge is -2.37. The summed E-state index contributed by atoms with van der Waals surface area (Å²) in [5.74, 6) is 2.10. The van der Waals surface area contributed by atoms with Crippen molar-refractivity contribution >= 4 is 0 Å². The van der Waals surface area contributed by atoms with Gasteiger partial charge < -0.3 is 19.5 Å². The maximum Gasteiger partial charge on any atom is 0.161 e. The van der Waals surface area contributed by atoms with E-state index in [9.17, 15) is 0 Å². The van der Waals surface area contributed by atoms with Crippen LogP contribution in [-0.4, -0.2) is 55.9 Å². The van der Waals surface area contributed by atoms with E-state index < -0.39 is 0 Å². The SMILES string of the molecule is COc1cc(CNCC(C(C)C)N2CCOCC2)ccc1OCc1ccncc1.